The van der Waals surface area contributed by atoms with Crippen molar-refractivity contribution in [3.05, 3.63) is 35.4 Å². The number of halogens is 1. The molecule has 3 nitrogen and oxygen atoms in total. The zero-order valence-electron chi connectivity index (χ0n) is 10.2. The van der Waals surface area contributed by atoms with Crippen LogP contribution in [0, 0.1) is 0 Å². The van der Waals surface area contributed by atoms with Gasteiger partial charge in [-0.25, -0.2) is 0 Å². The molecule has 0 saturated carbocycles. The molecule has 0 aliphatic heterocycles. The Hall–Kier alpha value is -1.06. The molecule has 0 atom stereocenters. The average molecular weight is 256 g/mol. The van der Waals surface area contributed by atoms with Crippen molar-refractivity contribution in [2.45, 2.75) is 33.1 Å². The van der Waals surface area contributed by atoms with Gasteiger partial charge in [-0.2, -0.15) is 0 Å². The van der Waals surface area contributed by atoms with E-state index in [4.69, 9.17) is 16.3 Å². The van der Waals surface area contributed by atoms with Crippen molar-refractivity contribution in [1.82, 2.24) is 5.32 Å². The lowest BCUT2D eigenvalue weighted by Gasteiger charge is -2.09. The standard InChI is InChI=1S/C13H18ClNO2/c1-10(2)17-9-12-5-3-4-11(6-12)8-15-13(16)7-14/h3-6,10H,7-9H2,1-2H3,(H,15,16). The van der Waals surface area contributed by atoms with Crippen LogP contribution in [0.4, 0.5) is 0 Å². The summed E-state index contributed by atoms with van der Waals surface area (Å²) in [6.45, 7) is 5.10. The van der Waals surface area contributed by atoms with Gasteiger partial charge in [-0.05, 0) is 25.0 Å². The molecule has 4 heteroatoms. The predicted molar refractivity (Wildman–Crippen MR) is 68.9 cm³/mol. The highest BCUT2D eigenvalue weighted by Crippen LogP contribution is 2.07. The Morgan fingerprint density at radius 1 is 1.41 bits per heavy atom. The van der Waals surface area contributed by atoms with Crippen molar-refractivity contribution in [2.75, 3.05) is 5.88 Å². The number of benzene rings is 1. The highest BCUT2D eigenvalue weighted by atomic mass is 35.5. The van der Waals surface area contributed by atoms with Crippen LogP contribution < -0.4 is 5.32 Å². The molecule has 0 radical (unpaired) electrons. The Bertz CT molecular complexity index is 366. The molecule has 0 heterocycles. The van der Waals surface area contributed by atoms with Gasteiger partial charge in [0, 0.05) is 6.54 Å². The highest BCUT2D eigenvalue weighted by Gasteiger charge is 2.01. The van der Waals surface area contributed by atoms with Gasteiger partial charge in [-0.3, -0.25) is 4.79 Å². The predicted octanol–water partition coefficient (Wildman–Crippen LogP) is 2.47. The Balaban J connectivity index is 2.50. The second kappa shape index (κ2) is 7.30. The molecule has 0 unspecified atom stereocenters. The first-order chi connectivity index (χ1) is 8.11. The smallest absolute Gasteiger partial charge is 0.235 e. The molecule has 17 heavy (non-hydrogen) atoms. The lowest BCUT2D eigenvalue weighted by atomic mass is 10.1. The van der Waals surface area contributed by atoms with Gasteiger partial charge >= 0.3 is 0 Å². The minimum atomic E-state index is -0.157. The molecule has 1 aromatic carbocycles. The van der Waals surface area contributed by atoms with E-state index in [1.165, 1.54) is 0 Å². The number of hydrogen-bond acceptors (Lipinski definition) is 2. The summed E-state index contributed by atoms with van der Waals surface area (Å²) in [5.74, 6) is -0.161. The number of alkyl halides is 1. The summed E-state index contributed by atoms with van der Waals surface area (Å²) in [5.41, 5.74) is 2.16. The van der Waals surface area contributed by atoms with Crippen LogP contribution in [0.3, 0.4) is 0 Å². The Morgan fingerprint density at radius 3 is 2.76 bits per heavy atom. The zero-order valence-corrected chi connectivity index (χ0v) is 11.0. The zero-order chi connectivity index (χ0) is 12.7. The van der Waals surface area contributed by atoms with E-state index < -0.39 is 0 Å². The van der Waals surface area contributed by atoms with Crippen LogP contribution in [0.15, 0.2) is 24.3 Å². The number of rotatable bonds is 6. The van der Waals surface area contributed by atoms with Crippen molar-refractivity contribution >= 4 is 17.5 Å². The third kappa shape index (κ3) is 5.71. The molecule has 0 bridgehead atoms. The number of carbonyl (C=O) groups excluding carboxylic acids is 1. The fraction of sp³-hybridized carbons (Fsp3) is 0.462. The van der Waals surface area contributed by atoms with Gasteiger partial charge in [0.05, 0.1) is 12.7 Å². The van der Waals surface area contributed by atoms with E-state index in [0.29, 0.717) is 13.2 Å². The summed E-state index contributed by atoms with van der Waals surface area (Å²) < 4.78 is 5.52. The molecule has 1 amide bonds. The fourth-order valence-electron chi connectivity index (χ4n) is 1.34. The van der Waals surface area contributed by atoms with Crippen molar-refractivity contribution < 1.29 is 9.53 Å². The van der Waals surface area contributed by atoms with Gasteiger partial charge in [0.15, 0.2) is 0 Å². The van der Waals surface area contributed by atoms with E-state index in [1.807, 2.05) is 38.1 Å². The molecule has 0 spiro atoms. The molecule has 1 aromatic rings. The average Bonchev–Trinajstić information content (AvgIpc) is 2.34. The number of amides is 1. The van der Waals surface area contributed by atoms with E-state index in [9.17, 15) is 4.79 Å². The van der Waals surface area contributed by atoms with Gasteiger partial charge in [-0.15, -0.1) is 11.6 Å². The van der Waals surface area contributed by atoms with Crippen LogP contribution in [-0.4, -0.2) is 17.9 Å². The highest BCUT2D eigenvalue weighted by molar-refractivity contribution is 6.27. The Morgan fingerprint density at radius 2 is 2.12 bits per heavy atom. The third-order valence-corrected chi connectivity index (χ3v) is 2.43. The van der Waals surface area contributed by atoms with Crippen LogP contribution in [0.1, 0.15) is 25.0 Å². The monoisotopic (exact) mass is 255 g/mol. The minimum Gasteiger partial charge on any atom is -0.374 e. The lowest BCUT2D eigenvalue weighted by molar-refractivity contribution is -0.118. The second-order valence-electron chi connectivity index (χ2n) is 4.09. The first-order valence-corrected chi connectivity index (χ1v) is 6.17. The van der Waals surface area contributed by atoms with Crippen LogP contribution in [0.2, 0.25) is 0 Å². The number of carbonyl (C=O) groups is 1. The molecule has 1 rings (SSSR count). The summed E-state index contributed by atoms with van der Waals surface area (Å²) in [6.07, 6.45) is 0.217. The van der Waals surface area contributed by atoms with Crippen molar-refractivity contribution in [3.8, 4) is 0 Å². The van der Waals surface area contributed by atoms with E-state index in [0.717, 1.165) is 11.1 Å². The normalized spacial score (nSPS) is 10.6. The van der Waals surface area contributed by atoms with Crippen LogP contribution in [0.5, 0.6) is 0 Å². The first kappa shape index (κ1) is 14.0. The maximum atomic E-state index is 11.0. The van der Waals surface area contributed by atoms with E-state index in [-0.39, 0.29) is 17.9 Å². The molecule has 0 aromatic heterocycles. The molecule has 1 N–H and O–H groups in total. The Labute approximate surface area is 107 Å². The summed E-state index contributed by atoms with van der Waals surface area (Å²) in [4.78, 5) is 11.0. The van der Waals surface area contributed by atoms with Gasteiger partial charge in [0.2, 0.25) is 5.91 Å². The topological polar surface area (TPSA) is 38.3 Å². The largest absolute Gasteiger partial charge is 0.374 e. The fourth-order valence-corrected chi connectivity index (χ4v) is 1.43. The molecular weight excluding hydrogens is 238 g/mol. The first-order valence-electron chi connectivity index (χ1n) is 5.64. The van der Waals surface area contributed by atoms with E-state index >= 15 is 0 Å². The van der Waals surface area contributed by atoms with Crippen LogP contribution in [-0.2, 0) is 22.7 Å². The molecule has 0 saturated heterocycles. The number of hydrogen-bond donors (Lipinski definition) is 1. The molecule has 0 fully saturated rings. The molecular formula is C13H18ClNO2. The van der Waals surface area contributed by atoms with Crippen molar-refractivity contribution in [1.29, 1.82) is 0 Å². The SMILES string of the molecule is CC(C)OCc1cccc(CNC(=O)CCl)c1. The van der Waals surface area contributed by atoms with E-state index in [2.05, 4.69) is 5.32 Å². The van der Waals surface area contributed by atoms with Crippen molar-refractivity contribution in [3.63, 3.8) is 0 Å². The van der Waals surface area contributed by atoms with Gasteiger partial charge in [0.25, 0.3) is 0 Å². The second-order valence-corrected chi connectivity index (χ2v) is 4.36. The molecule has 0 aliphatic carbocycles. The maximum Gasteiger partial charge on any atom is 0.235 e. The lowest BCUT2D eigenvalue weighted by Crippen LogP contribution is -2.23. The van der Waals surface area contributed by atoms with Crippen LogP contribution in [0.25, 0.3) is 0 Å². The Kier molecular flexibility index (Phi) is 6.01. The van der Waals surface area contributed by atoms with Crippen LogP contribution >= 0.6 is 11.6 Å². The molecule has 94 valence electrons. The van der Waals surface area contributed by atoms with E-state index in [1.54, 1.807) is 0 Å². The number of nitrogens with one attached hydrogen (secondary N) is 1. The summed E-state index contributed by atoms with van der Waals surface area (Å²) >= 11 is 5.40. The van der Waals surface area contributed by atoms with Gasteiger partial charge < -0.3 is 10.1 Å². The third-order valence-electron chi connectivity index (χ3n) is 2.19. The van der Waals surface area contributed by atoms with Gasteiger partial charge in [-0.1, -0.05) is 24.3 Å². The summed E-state index contributed by atoms with van der Waals surface area (Å²) in [5, 5.41) is 2.73. The number of ether oxygens (including phenoxy) is 1. The molecule has 0 aliphatic rings. The summed E-state index contributed by atoms with van der Waals surface area (Å²) in [7, 11) is 0. The summed E-state index contributed by atoms with van der Waals surface area (Å²) in [6, 6.07) is 7.96. The maximum absolute atomic E-state index is 11.0. The van der Waals surface area contributed by atoms with Gasteiger partial charge in [0.1, 0.15) is 5.88 Å². The quantitative estimate of drug-likeness (QED) is 0.793. The van der Waals surface area contributed by atoms with Crippen molar-refractivity contribution in [2.24, 2.45) is 0 Å². The minimum absolute atomic E-state index is 0.00382.